The van der Waals surface area contributed by atoms with Gasteiger partial charge in [-0.3, -0.25) is 4.79 Å². The molecule has 8 heteroatoms. The number of rotatable bonds is 8. The molecule has 3 unspecified atom stereocenters. The Labute approximate surface area is 192 Å². The highest BCUT2D eigenvalue weighted by Gasteiger charge is 2.26. The second kappa shape index (κ2) is 9.79. The Balaban J connectivity index is 1.37. The van der Waals surface area contributed by atoms with Crippen LogP contribution in [-0.2, 0) is 9.63 Å². The van der Waals surface area contributed by atoms with Crippen molar-refractivity contribution in [1.29, 1.82) is 0 Å². The largest absolute Gasteiger partial charge is 0.489 e. The molecular formula is C24H28ClN3O4. The lowest BCUT2D eigenvalue weighted by molar-refractivity contribution is -0.138. The molecule has 0 aromatic heterocycles. The molecule has 0 bridgehead atoms. The highest BCUT2D eigenvalue weighted by Crippen LogP contribution is 2.32. The van der Waals surface area contributed by atoms with E-state index >= 15 is 0 Å². The first-order valence-electron chi connectivity index (χ1n) is 10.9. The van der Waals surface area contributed by atoms with E-state index < -0.39 is 5.97 Å². The third-order valence-electron chi connectivity index (χ3n) is 5.66. The van der Waals surface area contributed by atoms with E-state index in [4.69, 9.17) is 26.3 Å². The first-order valence-corrected chi connectivity index (χ1v) is 11.3. The van der Waals surface area contributed by atoms with E-state index in [-0.39, 0.29) is 24.6 Å². The summed E-state index contributed by atoms with van der Waals surface area (Å²) in [4.78, 5) is 21.2. The standard InChI is InChI=1S/C24H28ClN3O4/c1-14(2)31-21-10-6-17(13-20(21)25)23-27-24(32-28-23)16-4-8-18(9-5-16)26-19-7-3-15(11-19)12-22(29)30/h4-6,8-10,13-15,19,23,26,28H,3,7,11-12H2,1-2H3,(H,29,30). The van der Waals surface area contributed by atoms with Gasteiger partial charge >= 0.3 is 5.97 Å². The topological polar surface area (TPSA) is 92.2 Å². The van der Waals surface area contributed by atoms with E-state index in [0.717, 1.165) is 36.1 Å². The van der Waals surface area contributed by atoms with Gasteiger partial charge in [-0.25, -0.2) is 4.99 Å². The van der Waals surface area contributed by atoms with Crippen LogP contribution < -0.4 is 15.5 Å². The number of ether oxygens (including phenoxy) is 1. The number of nitrogens with zero attached hydrogens (tertiary/aromatic N) is 1. The summed E-state index contributed by atoms with van der Waals surface area (Å²) in [5, 5.41) is 13.0. The van der Waals surface area contributed by atoms with Gasteiger partial charge in [0.15, 0.2) is 6.17 Å². The van der Waals surface area contributed by atoms with E-state index in [1.54, 1.807) is 0 Å². The number of hydroxylamine groups is 1. The average Bonchev–Trinajstić information content (AvgIpc) is 3.39. The number of hydrogen-bond donors (Lipinski definition) is 3. The summed E-state index contributed by atoms with van der Waals surface area (Å²) in [6.07, 6.45) is 2.78. The number of anilines is 1. The third kappa shape index (κ3) is 5.53. The van der Waals surface area contributed by atoms with E-state index in [0.29, 0.717) is 22.7 Å². The number of halogens is 1. The number of carbonyl (C=O) groups is 1. The van der Waals surface area contributed by atoms with Gasteiger partial charge in [-0.05, 0) is 81.0 Å². The van der Waals surface area contributed by atoms with Crippen LogP contribution >= 0.6 is 11.6 Å². The summed E-state index contributed by atoms with van der Waals surface area (Å²) in [6, 6.07) is 13.8. The number of nitrogens with one attached hydrogen (secondary N) is 2. The van der Waals surface area contributed by atoms with Crippen LogP contribution in [0.4, 0.5) is 5.69 Å². The summed E-state index contributed by atoms with van der Waals surface area (Å²) in [5.74, 6) is 0.704. The summed E-state index contributed by atoms with van der Waals surface area (Å²) in [7, 11) is 0. The van der Waals surface area contributed by atoms with Crippen LogP contribution in [0.1, 0.15) is 56.8 Å². The maximum absolute atomic E-state index is 10.9. The molecule has 1 fully saturated rings. The Morgan fingerprint density at radius 3 is 2.75 bits per heavy atom. The summed E-state index contributed by atoms with van der Waals surface area (Å²) < 4.78 is 5.68. The van der Waals surface area contributed by atoms with Crippen molar-refractivity contribution in [1.82, 2.24) is 5.48 Å². The van der Waals surface area contributed by atoms with Crippen molar-refractivity contribution in [2.24, 2.45) is 10.9 Å². The zero-order valence-corrected chi connectivity index (χ0v) is 18.9. The minimum atomic E-state index is -0.716. The van der Waals surface area contributed by atoms with Crippen molar-refractivity contribution in [3.05, 3.63) is 58.6 Å². The normalized spacial score (nSPS) is 22.5. The highest BCUT2D eigenvalue weighted by molar-refractivity contribution is 6.32. The fourth-order valence-electron chi connectivity index (χ4n) is 4.18. The van der Waals surface area contributed by atoms with Gasteiger partial charge < -0.3 is 20.0 Å². The van der Waals surface area contributed by atoms with Gasteiger partial charge in [-0.15, -0.1) is 5.48 Å². The molecule has 1 aliphatic heterocycles. The van der Waals surface area contributed by atoms with Gasteiger partial charge in [-0.1, -0.05) is 17.7 Å². The molecule has 32 heavy (non-hydrogen) atoms. The van der Waals surface area contributed by atoms with E-state index in [9.17, 15) is 4.79 Å². The van der Waals surface area contributed by atoms with Gasteiger partial charge in [0.25, 0.3) is 0 Å². The Hall–Kier alpha value is -2.77. The Bertz CT molecular complexity index is 993. The summed E-state index contributed by atoms with van der Waals surface area (Å²) in [6.45, 7) is 3.91. The summed E-state index contributed by atoms with van der Waals surface area (Å²) in [5.41, 5.74) is 5.69. The zero-order valence-electron chi connectivity index (χ0n) is 18.2. The molecule has 2 aromatic rings. The molecule has 170 valence electrons. The van der Waals surface area contributed by atoms with Crippen LogP contribution in [-0.4, -0.2) is 29.1 Å². The summed E-state index contributed by atoms with van der Waals surface area (Å²) >= 11 is 6.35. The van der Waals surface area contributed by atoms with Gasteiger partial charge in [0.2, 0.25) is 5.90 Å². The predicted octanol–water partition coefficient (Wildman–Crippen LogP) is 5.16. The first-order chi connectivity index (χ1) is 15.4. The molecule has 1 saturated carbocycles. The number of aliphatic carboxylic acids is 1. The van der Waals surface area contributed by atoms with Gasteiger partial charge in [0.1, 0.15) is 5.75 Å². The smallest absolute Gasteiger partial charge is 0.303 e. The fraction of sp³-hybridized carbons (Fsp3) is 0.417. The fourth-order valence-corrected chi connectivity index (χ4v) is 4.41. The molecule has 7 nitrogen and oxygen atoms in total. The van der Waals surface area contributed by atoms with Crippen molar-refractivity contribution in [2.75, 3.05) is 5.32 Å². The highest BCUT2D eigenvalue weighted by atomic mass is 35.5. The van der Waals surface area contributed by atoms with Crippen LogP contribution in [0.2, 0.25) is 5.02 Å². The monoisotopic (exact) mass is 457 g/mol. The maximum Gasteiger partial charge on any atom is 0.303 e. The zero-order chi connectivity index (χ0) is 22.7. The number of carboxylic acid groups (broad SMARTS) is 1. The van der Waals surface area contributed by atoms with E-state index in [2.05, 4.69) is 15.8 Å². The third-order valence-corrected chi connectivity index (χ3v) is 5.95. The Morgan fingerprint density at radius 1 is 1.28 bits per heavy atom. The van der Waals surface area contributed by atoms with Crippen LogP contribution in [0, 0.1) is 5.92 Å². The lowest BCUT2D eigenvalue weighted by atomic mass is 10.0. The van der Waals surface area contributed by atoms with Crippen LogP contribution in [0.5, 0.6) is 5.75 Å². The van der Waals surface area contributed by atoms with Crippen molar-refractivity contribution in [3.8, 4) is 5.75 Å². The Kier molecular flexibility index (Phi) is 6.86. The van der Waals surface area contributed by atoms with Crippen molar-refractivity contribution >= 4 is 29.2 Å². The molecule has 2 aromatic carbocycles. The minimum absolute atomic E-state index is 0.0493. The van der Waals surface area contributed by atoms with Gasteiger partial charge in [0.05, 0.1) is 11.1 Å². The SMILES string of the molecule is CC(C)Oc1ccc(C2N=C(c3ccc(NC4CCC(CC(=O)O)C4)cc3)ON2)cc1Cl. The molecule has 0 amide bonds. The number of carboxylic acids is 1. The molecule has 0 spiro atoms. The quantitative estimate of drug-likeness (QED) is 0.507. The second-order valence-corrected chi connectivity index (χ2v) is 9.02. The van der Waals surface area contributed by atoms with Crippen molar-refractivity contribution in [3.63, 3.8) is 0 Å². The maximum atomic E-state index is 10.9. The Morgan fingerprint density at radius 2 is 2.06 bits per heavy atom. The van der Waals surface area contributed by atoms with Crippen molar-refractivity contribution in [2.45, 2.75) is 57.8 Å². The molecule has 4 rings (SSSR count). The molecule has 1 aliphatic carbocycles. The van der Waals surface area contributed by atoms with Crippen LogP contribution in [0.25, 0.3) is 0 Å². The van der Waals surface area contributed by atoms with Gasteiger partial charge in [0, 0.05) is 23.7 Å². The lowest BCUT2D eigenvalue weighted by Crippen LogP contribution is -2.16. The second-order valence-electron chi connectivity index (χ2n) is 8.61. The van der Waals surface area contributed by atoms with E-state index in [1.165, 1.54) is 0 Å². The number of hydrogen-bond acceptors (Lipinski definition) is 6. The number of benzene rings is 2. The molecule has 0 radical (unpaired) electrons. The molecule has 1 heterocycles. The molecule has 0 saturated heterocycles. The van der Waals surface area contributed by atoms with Crippen molar-refractivity contribution < 1.29 is 19.5 Å². The first kappa shape index (κ1) is 22.4. The van der Waals surface area contributed by atoms with E-state index in [1.807, 2.05) is 56.3 Å². The average molecular weight is 458 g/mol. The number of aliphatic imine (C=N–C) groups is 1. The van der Waals surface area contributed by atoms with Crippen LogP contribution in [0.3, 0.4) is 0 Å². The predicted molar refractivity (Wildman–Crippen MR) is 124 cm³/mol. The molecule has 2 aliphatic rings. The molecule has 3 N–H and O–H groups in total. The minimum Gasteiger partial charge on any atom is -0.489 e. The molecule has 3 atom stereocenters. The lowest BCUT2D eigenvalue weighted by Gasteiger charge is -2.14. The van der Waals surface area contributed by atoms with Gasteiger partial charge in [-0.2, -0.15) is 0 Å². The molecular weight excluding hydrogens is 430 g/mol. The van der Waals surface area contributed by atoms with Crippen LogP contribution in [0.15, 0.2) is 47.5 Å².